The second-order valence-corrected chi connectivity index (χ2v) is 6.96. The van der Waals surface area contributed by atoms with Gasteiger partial charge in [-0.25, -0.2) is 0 Å². The zero-order valence-electron chi connectivity index (χ0n) is 16.2. The number of hydrogen-bond donors (Lipinski definition) is 2. The number of carbonyl (C=O) groups excluding carboxylic acids is 1. The normalized spacial score (nSPS) is 11.9. The second kappa shape index (κ2) is 9.81. The van der Waals surface area contributed by atoms with E-state index in [0.717, 1.165) is 21.3 Å². The first kappa shape index (κ1) is 21.3. The van der Waals surface area contributed by atoms with Crippen LogP contribution >= 0.6 is 15.9 Å². The minimum absolute atomic E-state index is 0.0280. The average Bonchev–Trinajstić information content (AvgIpc) is 2.69. The number of ether oxygens (including phenoxy) is 2. The van der Waals surface area contributed by atoms with Crippen molar-refractivity contribution in [1.29, 1.82) is 5.26 Å². The summed E-state index contributed by atoms with van der Waals surface area (Å²) in [5.41, 5.74) is 2.67. The minimum Gasteiger partial charge on any atom is -0.493 e. The van der Waals surface area contributed by atoms with Gasteiger partial charge in [0.25, 0.3) is 5.91 Å². The van der Waals surface area contributed by atoms with Crippen molar-refractivity contribution in [2.45, 2.75) is 19.9 Å². The quantitative estimate of drug-likeness (QED) is 0.486. The molecule has 0 saturated heterocycles. The smallest absolute Gasteiger partial charge is 0.263 e. The average molecular weight is 444 g/mol. The Balaban J connectivity index is 2.11. The van der Waals surface area contributed by atoms with E-state index in [0.29, 0.717) is 11.5 Å². The largest absolute Gasteiger partial charge is 0.493 e. The lowest BCUT2D eigenvalue weighted by molar-refractivity contribution is -0.117. The summed E-state index contributed by atoms with van der Waals surface area (Å²) in [6.45, 7) is 3.81. The van der Waals surface area contributed by atoms with Crippen molar-refractivity contribution in [2.75, 3.05) is 19.5 Å². The molecule has 0 bridgehead atoms. The van der Waals surface area contributed by atoms with Crippen LogP contribution in [0.3, 0.4) is 0 Å². The number of benzene rings is 2. The van der Waals surface area contributed by atoms with Crippen LogP contribution in [-0.4, -0.2) is 20.1 Å². The first-order valence-corrected chi connectivity index (χ1v) is 9.34. The Morgan fingerprint density at radius 3 is 2.50 bits per heavy atom. The molecular weight excluding hydrogens is 422 g/mol. The molecule has 7 heteroatoms. The van der Waals surface area contributed by atoms with Gasteiger partial charge in [-0.2, -0.15) is 5.26 Å². The predicted molar refractivity (Wildman–Crippen MR) is 112 cm³/mol. The molecule has 1 atom stereocenters. The van der Waals surface area contributed by atoms with Gasteiger partial charge in [0.2, 0.25) is 0 Å². The Bertz CT molecular complexity index is 935. The molecule has 0 aliphatic carbocycles. The fourth-order valence-corrected chi connectivity index (χ4v) is 3.12. The Hall–Kier alpha value is -2.98. The van der Waals surface area contributed by atoms with E-state index in [1.54, 1.807) is 26.4 Å². The number of hydrogen-bond acceptors (Lipinski definition) is 5. The van der Waals surface area contributed by atoms with Gasteiger partial charge in [0, 0.05) is 10.7 Å². The van der Waals surface area contributed by atoms with Crippen LogP contribution < -0.4 is 20.1 Å². The standard InChI is InChI=1S/C21H22BrN3O3/c1-13-5-7-18(17(22)9-13)24-12-16(11-23)21(26)25-14(2)15-6-8-19(27-3)20(10-15)28-4/h5-10,12,14,24H,1-4H3,(H,25,26)/b16-12-. The number of carbonyl (C=O) groups is 1. The third-order valence-corrected chi connectivity index (χ3v) is 4.77. The summed E-state index contributed by atoms with van der Waals surface area (Å²) in [7, 11) is 3.11. The van der Waals surface area contributed by atoms with Crippen molar-refractivity contribution < 1.29 is 14.3 Å². The van der Waals surface area contributed by atoms with Crippen LogP contribution in [0.5, 0.6) is 11.5 Å². The van der Waals surface area contributed by atoms with Gasteiger partial charge in [0.15, 0.2) is 11.5 Å². The highest BCUT2D eigenvalue weighted by atomic mass is 79.9. The molecule has 0 fully saturated rings. The maximum atomic E-state index is 12.5. The van der Waals surface area contributed by atoms with Gasteiger partial charge in [0.05, 0.1) is 25.9 Å². The fraction of sp³-hybridized carbons (Fsp3) is 0.238. The second-order valence-electron chi connectivity index (χ2n) is 6.11. The van der Waals surface area contributed by atoms with Crippen molar-refractivity contribution in [3.63, 3.8) is 0 Å². The molecule has 0 aliphatic rings. The summed E-state index contributed by atoms with van der Waals surface area (Å²) in [5.74, 6) is 0.707. The Labute approximate surface area is 173 Å². The number of aryl methyl sites for hydroxylation is 1. The predicted octanol–water partition coefficient (Wildman–Crippen LogP) is 4.47. The van der Waals surface area contributed by atoms with E-state index in [2.05, 4.69) is 26.6 Å². The van der Waals surface area contributed by atoms with Crippen LogP contribution in [0, 0.1) is 18.3 Å². The maximum Gasteiger partial charge on any atom is 0.263 e. The summed E-state index contributed by atoms with van der Waals surface area (Å²) in [6, 6.07) is 12.8. The molecule has 146 valence electrons. The van der Waals surface area contributed by atoms with Crippen LogP contribution in [0.25, 0.3) is 0 Å². The van der Waals surface area contributed by atoms with Crippen LogP contribution in [0.15, 0.2) is 52.6 Å². The number of nitrogens with zero attached hydrogens (tertiary/aromatic N) is 1. The van der Waals surface area contributed by atoms with Crippen molar-refractivity contribution in [1.82, 2.24) is 5.32 Å². The van der Waals surface area contributed by atoms with Gasteiger partial charge < -0.3 is 20.1 Å². The zero-order chi connectivity index (χ0) is 20.7. The molecule has 0 heterocycles. The highest BCUT2D eigenvalue weighted by Crippen LogP contribution is 2.30. The van der Waals surface area contributed by atoms with Gasteiger partial charge in [-0.15, -0.1) is 0 Å². The lowest BCUT2D eigenvalue weighted by atomic mass is 10.1. The van der Waals surface area contributed by atoms with Gasteiger partial charge in [0.1, 0.15) is 11.6 Å². The highest BCUT2D eigenvalue weighted by Gasteiger charge is 2.16. The molecule has 2 aromatic carbocycles. The number of methoxy groups -OCH3 is 2. The van der Waals surface area contributed by atoms with E-state index >= 15 is 0 Å². The summed E-state index contributed by atoms with van der Waals surface area (Å²) in [5, 5.41) is 15.2. The Morgan fingerprint density at radius 2 is 1.89 bits per heavy atom. The van der Waals surface area contributed by atoms with Gasteiger partial charge in [-0.05, 0) is 65.2 Å². The first-order valence-electron chi connectivity index (χ1n) is 8.55. The fourth-order valence-electron chi connectivity index (χ4n) is 2.52. The third-order valence-electron chi connectivity index (χ3n) is 4.12. The third kappa shape index (κ3) is 5.27. The van der Waals surface area contributed by atoms with Gasteiger partial charge in [-0.1, -0.05) is 12.1 Å². The molecule has 0 spiro atoms. The highest BCUT2D eigenvalue weighted by molar-refractivity contribution is 9.10. The minimum atomic E-state index is -0.472. The summed E-state index contributed by atoms with van der Waals surface area (Å²) >= 11 is 3.46. The lowest BCUT2D eigenvalue weighted by Crippen LogP contribution is -2.28. The number of halogens is 1. The molecule has 28 heavy (non-hydrogen) atoms. The van der Waals surface area contributed by atoms with Gasteiger partial charge >= 0.3 is 0 Å². The molecular formula is C21H22BrN3O3. The van der Waals surface area contributed by atoms with E-state index < -0.39 is 5.91 Å². The number of nitriles is 1. The van der Waals surface area contributed by atoms with Crippen molar-refractivity contribution in [3.8, 4) is 17.6 Å². The van der Waals surface area contributed by atoms with Crippen molar-refractivity contribution >= 4 is 27.5 Å². The molecule has 2 N–H and O–H groups in total. The topological polar surface area (TPSA) is 83.4 Å². The molecule has 2 aromatic rings. The van der Waals surface area contributed by atoms with E-state index in [1.165, 1.54) is 6.20 Å². The maximum absolute atomic E-state index is 12.5. The molecule has 1 amide bonds. The van der Waals surface area contributed by atoms with E-state index in [-0.39, 0.29) is 11.6 Å². The molecule has 0 saturated carbocycles. The molecule has 2 rings (SSSR count). The summed E-state index contributed by atoms with van der Waals surface area (Å²) < 4.78 is 11.4. The Kier molecular flexibility index (Phi) is 7.47. The lowest BCUT2D eigenvalue weighted by Gasteiger charge is -2.16. The first-order chi connectivity index (χ1) is 13.4. The summed E-state index contributed by atoms with van der Waals surface area (Å²) in [6.07, 6.45) is 1.39. The van der Waals surface area contributed by atoms with Crippen LogP contribution in [0.2, 0.25) is 0 Å². The van der Waals surface area contributed by atoms with Crippen LogP contribution in [0.1, 0.15) is 24.1 Å². The number of anilines is 1. The van der Waals surface area contributed by atoms with Crippen molar-refractivity contribution in [3.05, 3.63) is 63.8 Å². The van der Waals surface area contributed by atoms with E-state index in [4.69, 9.17) is 9.47 Å². The van der Waals surface area contributed by atoms with Crippen molar-refractivity contribution in [2.24, 2.45) is 0 Å². The number of amides is 1. The monoisotopic (exact) mass is 443 g/mol. The molecule has 0 aliphatic heterocycles. The summed E-state index contributed by atoms with van der Waals surface area (Å²) in [4.78, 5) is 12.5. The molecule has 1 unspecified atom stereocenters. The Morgan fingerprint density at radius 1 is 1.18 bits per heavy atom. The van der Waals surface area contributed by atoms with Gasteiger partial charge in [-0.3, -0.25) is 4.79 Å². The number of rotatable bonds is 7. The van der Waals surface area contributed by atoms with E-state index in [9.17, 15) is 10.1 Å². The molecule has 0 aromatic heterocycles. The van der Waals surface area contributed by atoms with Crippen LogP contribution in [-0.2, 0) is 4.79 Å². The molecule has 0 radical (unpaired) electrons. The number of nitrogens with one attached hydrogen (secondary N) is 2. The molecule has 6 nitrogen and oxygen atoms in total. The SMILES string of the molecule is COc1ccc(C(C)NC(=O)/C(C#N)=C\Nc2ccc(C)cc2Br)cc1OC. The zero-order valence-corrected chi connectivity index (χ0v) is 17.8. The van der Waals surface area contributed by atoms with E-state index in [1.807, 2.05) is 44.2 Å². The van der Waals surface area contributed by atoms with Crippen LogP contribution in [0.4, 0.5) is 5.69 Å².